The van der Waals surface area contributed by atoms with Gasteiger partial charge in [0.2, 0.25) is 6.20 Å². The van der Waals surface area contributed by atoms with E-state index in [0.29, 0.717) is 29.7 Å². The number of hydrogen-bond donors (Lipinski definition) is 7. The highest BCUT2D eigenvalue weighted by Gasteiger charge is 2.58. The van der Waals surface area contributed by atoms with Crippen molar-refractivity contribution >= 4 is 50.4 Å². The number of amides is 2. The van der Waals surface area contributed by atoms with Crippen molar-refractivity contribution in [3.63, 3.8) is 0 Å². The van der Waals surface area contributed by atoms with Crippen LogP contribution in [-0.4, -0.2) is 110 Å². The summed E-state index contributed by atoms with van der Waals surface area (Å²) in [5.41, 5.74) is 9.98. The first kappa shape index (κ1) is 40.0. The lowest BCUT2D eigenvalue weighted by atomic mass is 9.84. The zero-order valence-electron chi connectivity index (χ0n) is 30.2. The Kier molecular flexibility index (Phi) is 11.2. The van der Waals surface area contributed by atoms with E-state index in [1.807, 2.05) is 29.2 Å². The minimum Gasteiger partial charge on any atom is -0.485 e. The predicted octanol–water partition coefficient (Wildman–Crippen LogP) is -0.792. The summed E-state index contributed by atoms with van der Waals surface area (Å²) in [4.78, 5) is 48.7. The van der Waals surface area contributed by atoms with Crippen LogP contribution in [0.5, 0.6) is 5.75 Å². The van der Waals surface area contributed by atoms with Crippen LogP contribution in [0.1, 0.15) is 44.9 Å². The van der Waals surface area contributed by atoms with E-state index in [-0.39, 0.29) is 23.8 Å². The van der Waals surface area contributed by atoms with Crippen molar-refractivity contribution in [2.75, 3.05) is 25.4 Å². The summed E-state index contributed by atoms with van der Waals surface area (Å²) in [6.07, 6.45) is 3.90. The molecule has 5 heterocycles. The maximum Gasteiger partial charge on any atom is 0.418 e. The van der Waals surface area contributed by atoms with E-state index in [1.165, 1.54) is 26.2 Å². The molecule has 9 N–H and O–H groups in total. The first-order chi connectivity index (χ1) is 25.9. The lowest BCUT2D eigenvalue weighted by Gasteiger charge is -2.50. The maximum absolute atomic E-state index is 13.6. The molecule has 0 saturated carbocycles. The molecule has 0 radical (unpaired) electrons. The Bertz CT molecular complexity index is 2100. The minimum atomic E-state index is -5.04. The number of rotatable bonds is 15. The van der Waals surface area contributed by atoms with Crippen molar-refractivity contribution in [3.8, 4) is 16.9 Å². The van der Waals surface area contributed by atoms with Crippen LogP contribution < -0.4 is 31.5 Å². The highest BCUT2D eigenvalue weighted by Crippen LogP contribution is 2.37. The largest absolute Gasteiger partial charge is 0.485 e. The second-order valence-electron chi connectivity index (χ2n) is 14.4. The Hall–Kier alpha value is -4.71. The molecule has 3 aliphatic rings. The van der Waals surface area contributed by atoms with Gasteiger partial charge >= 0.3 is 16.4 Å². The van der Waals surface area contributed by atoms with Crippen LogP contribution in [0, 0.1) is 5.92 Å². The normalized spacial score (nSPS) is 22.6. The number of carboxylic acids is 1. The fraction of sp³-hybridized carbons (Fsp3) is 0.515. The van der Waals surface area contributed by atoms with E-state index in [0.717, 1.165) is 54.1 Å². The Labute approximate surface area is 319 Å². The molecule has 0 bridgehead atoms. The molecular weight excluding hydrogens is 763 g/mol. The first-order valence-electron chi connectivity index (χ1n) is 17.4. The zero-order chi connectivity index (χ0) is 39.9. The number of anilines is 1. The number of hydroxylamine groups is 2. The highest BCUT2D eigenvalue weighted by molar-refractivity contribution is 7.80. The number of aliphatic hydroxyl groups excluding tert-OH is 1. The third-order valence-electron chi connectivity index (χ3n) is 9.99. The number of carbonyl (C=O) groups excluding carboxylic acids is 2. The number of thiazole rings is 1. The summed E-state index contributed by atoms with van der Waals surface area (Å²) in [5, 5.41) is 32.3. The van der Waals surface area contributed by atoms with Gasteiger partial charge in [0.05, 0.1) is 23.8 Å². The highest BCUT2D eigenvalue weighted by atomic mass is 32.3. The Morgan fingerprint density at radius 2 is 2.07 bits per heavy atom. The first-order valence-corrected chi connectivity index (χ1v) is 19.7. The quantitative estimate of drug-likeness (QED) is 0.0326. The van der Waals surface area contributed by atoms with Gasteiger partial charge < -0.3 is 41.9 Å². The van der Waals surface area contributed by atoms with Gasteiger partial charge in [0.25, 0.3) is 17.4 Å². The molecule has 2 aromatic heterocycles. The molecule has 0 spiro atoms. The number of aryl methyl sites for hydroxylation is 1. The number of nitrogens with zero attached hydrogens (tertiary/aromatic N) is 5. The zero-order valence-corrected chi connectivity index (χ0v) is 31.9. The van der Waals surface area contributed by atoms with Crippen molar-refractivity contribution in [1.82, 2.24) is 25.4 Å². The van der Waals surface area contributed by atoms with Gasteiger partial charge in [0.15, 0.2) is 23.5 Å². The predicted molar refractivity (Wildman–Crippen MR) is 195 cm³/mol. The number of oxime groups is 1. The number of hydrogen-bond acceptors (Lipinski definition) is 15. The number of aliphatic hydroxyl groups is 1. The maximum atomic E-state index is 13.6. The van der Waals surface area contributed by atoms with Gasteiger partial charge in [0.1, 0.15) is 23.6 Å². The van der Waals surface area contributed by atoms with Gasteiger partial charge in [-0.3, -0.25) is 14.1 Å². The standard InChI is InChI=1S/C33H43N9O11S2/c1-32(2)27(29(45)42(32)53-55(48,49)50)38-28(44)26(23-17-54-31(35)37-23)39-52-33(3,30(46)47)25-7-5-20-10-19(4-6-24(20)51-25)21-14-40(13-18-8-9-36-12-18)41(15-21)16-22(43)11-34/h4,6,10,14-15,17-18,22,25,27,36,43H,5,7-9,11-13,16,34H2,1-3H3,(H4-,35,37,38,44,46,47,48,49,50)/p+1/b39-26-/t18-,22+,25-,27-,33+/m1/s1. The molecule has 0 unspecified atom stereocenters. The van der Waals surface area contributed by atoms with E-state index in [4.69, 9.17) is 25.6 Å². The minimum absolute atomic E-state index is 0.0570. The molecule has 22 heteroatoms. The number of carboxylic acid groups (broad SMARTS) is 1. The van der Waals surface area contributed by atoms with Crippen LogP contribution >= 0.6 is 11.3 Å². The van der Waals surface area contributed by atoms with E-state index < -0.39 is 63.3 Å². The van der Waals surface area contributed by atoms with E-state index in [1.54, 1.807) is 6.07 Å². The van der Waals surface area contributed by atoms with E-state index >= 15 is 0 Å². The molecule has 298 valence electrons. The smallest absolute Gasteiger partial charge is 0.418 e. The van der Waals surface area contributed by atoms with Crippen LogP contribution in [0.25, 0.3) is 11.1 Å². The SMILES string of the molecule is CC1(C)[C@H](NC(=O)/C(=N\O[C@](C)(C(=O)O)[C@H]2CCc3cc(-c4cn(C[C@@H]5CCNC5)[n+](C[C@@H](O)CN)c4)ccc3O2)c2csc(N)n2)C(=O)N1OS(=O)(=O)O. The fourth-order valence-corrected chi connectivity index (χ4v) is 7.75. The molecule has 5 atom stereocenters. The molecule has 0 aliphatic carbocycles. The number of aliphatic carboxylic acids is 1. The van der Waals surface area contributed by atoms with Crippen LogP contribution in [0.2, 0.25) is 0 Å². The number of ether oxygens (including phenoxy) is 1. The number of aromatic nitrogens is 3. The molecule has 2 saturated heterocycles. The molecule has 3 aliphatic heterocycles. The van der Waals surface area contributed by atoms with E-state index in [9.17, 15) is 33.0 Å². The summed E-state index contributed by atoms with van der Waals surface area (Å²) in [6, 6.07) is 4.24. The third kappa shape index (κ3) is 8.44. The summed E-state index contributed by atoms with van der Waals surface area (Å²) in [7, 11) is -5.04. The third-order valence-corrected chi connectivity index (χ3v) is 11.0. The Morgan fingerprint density at radius 3 is 2.69 bits per heavy atom. The van der Waals surface area contributed by atoms with Crippen LogP contribution in [-0.2, 0) is 53.4 Å². The van der Waals surface area contributed by atoms with Gasteiger partial charge in [-0.2, -0.15) is 18.2 Å². The number of carbonyl (C=O) groups is 3. The average Bonchev–Trinajstić information content (AvgIpc) is 3.91. The van der Waals surface area contributed by atoms with Gasteiger partial charge in [-0.15, -0.1) is 20.3 Å². The van der Waals surface area contributed by atoms with Crippen LogP contribution in [0.3, 0.4) is 0 Å². The molecular formula is C33H44N9O11S2+. The molecule has 1 aromatic carbocycles. The van der Waals surface area contributed by atoms with Crippen molar-refractivity contribution in [1.29, 1.82) is 0 Å². The number of nitrogens with two attached hydrogens (primary N) is 2. The number of benzene rings is 1. The van der Waals surface area contributed by atoms with Crippen molar-refractivity contribution in [2.45, 2.75) is 82.5 Å². The summed E-state index contributed by atoms with van der Waals surface area (Å²) in [6.45, 7) is 7.12. The Morgan fingerprint density at radius 1 is 1.31 bits per heavy atom. The van der Waals surface area contributed by atoms with E-state index in [2.05, 4.69) is 29.7 Å². The van der Waals surface area contributed by atoms with Gasteiger partial charge in [-0.25, -0.2) is 9.78 Å². The number of β-lactam (4-membered cyclic amide) rings is 1. The summed E-state index contributed by atoms with van der Waals surface area (Å²) in [5.74, 6) is -2.56. The monoisotopic (exact) mass is 806 g/mol. The average molecular weight is 807 g/mol. The van der Waals surface area contributed by atoms with Gasteiger partial charge in [-0.05, 0) is 82.3 Å². The lowest BCUT2D eigenvalue weighted by molar-refractivity contribution is -0.780. The summed E-state index contributed by atoms with van der Waals surface area (Å²) < 4.78 is 46.1. The van der Waals surface area contributed by atoms with Crippen molar-refractivity contribution in [2.24, 2.45) is 16.8 Å². The van der Waals surface area contributed by atoms with Crippen LogP contribution in [0.4, 0.5) is 5.13 Å². The van der Waals surface area contributed by atoms with Gasteiger partial charge in [0, 0.05) is 11.9 Å². The molecule has 6 rings (SSSR count). The molecule has 3 aromatic rings. The Balaban J connectivity index is 1.21. The fourth-order valence-electron chi connectivity index (χ4n) is 6.74. The summed E-state index contributed by atoms with van der Waals surface area (Å²) >= 11 is 0.966. The second-order valence-corrected chi connectivity index (χ2v) is 16.3. The van der Waals surface area contributed by atoms with Gasteiger partial charge in [-0.1, -0.05) is 11.2 Å². The number of fused-ring (bicyclic) bond motifs is 1. The number of nitrogens with one attached hydrogen (secondary N) is 2. The molecule has 20 nitrogen and oxygen atoms in total. The molecule has 55 heavy (non-hydrogen) atoms. The van der Waals surface area contributed by atoms with Crippen LogP contribution in [0.15, 0.2) is 41.1 Å². The topological polar surface area (TPSA) is 287 Å². The molecule has 2 amide bonds. The second kappa shape index (κ2) is 15.4. The molecule has 2 fully saturated rings. The number of nitrogen functional groups attached to an aromatic ring is 1. The van der Waals surface area contributed by atoms with Crippen molar-refractivity contribution in [3.05, 3.63) is 47.2 Å². The van der Waals surface area contributed by atoms with Crippen molar-refractivity contribution < 1.29 is 56.1 Å². The lowest BCUT2D eigenvalue weighted by Crippen LogP contribution is -2.76.